The second-order valence-corrected chi connectivity index (χ2v) is 6.21. The van der Waals surface area contributed by atoms with Crippen molar-refractivity contribution in [2.24, 2.45) is 0 Å². The standard InChI is InChI=1S/C17H24O3S/c1-3-17(18)20-16-10-5-4-9-15(16)13-7-6-8-14(11-13)19-12-21-2/h6-8,11,15-16H,3-5,9-10,12H2,1-2H3/t15-,16+/m0/s1. The third-order valence-electron chi connectivity index (χ3n) is 3.90. The molecule has 1 aromatic rings. The van der Waals surface area contributed by atoms with Crippen LogP contribution in [0.1, 0.15) is 50.5 Å². The lowest BCUT2D eigenvalue weighted by Crippen LogP contribution is -2.28. The number of hydrogen-bond acceptors (Lipinski definition) is 4. The number of carbonyl (C=O) groups excluding carboxylic acids is 1. The van der Waals surface area contributed by atoms with Crippen LogP contribution in [0, 0.1) is 0 Å². The van der Waals surface area contributed by atoms with Crippen molar-refractivity contribution in [3.05, 3.63) is 29.8 Å². The van der Waals surface area contributed by atoms with E-state index in [0.717, 1.165) is 25.0 Å². The van der Waals surface area contributed by atoms with Crippen molar-refractivity contribution in [3.8, 4) is 5.75 Å². The van der Waals surface area contributed by atoms with E-state index in [1.165, 1.54) is 12.0 Å². The Bertz CT molecular complexity index is 461. The van der Waals surface area contributed by atoms with Gasteiger partial charge in [0, 0.05) is 12.3 Å². The van der Waals surface area contributed by atoms with Gasteiger partial charge >= 0.3 is 5.97 Å². The van der Waals surface area contributed by atoms with Crippen molar-refractivity contribution in [1.29, 1.82) is 0 Å². The highest BCUT2D eigenvalue weighted by molar-refractivity contribution is 7.98. The van der Waals surface area contributed by atoms with Crippen LogP contribution in [0.5, 0.6) is 5.75 Å². The molecule has 21 heavy (non-hydrogen) atoms. The van der Waals surface area contributed by atoms with E-state index in [1.54, 1.807) is 11.8 Å². The van der Waals surface area contributed by atoms with E-state index in [4.69, 9.17) is 9.47 Å². The predicted octanol–water partition coefficient (Wildman–Crippen LogP) is 4.37. The Morgan fingerprint density at radius 1 is 1.33 bits per heavy atom. The van der Waals surface area contributed by atoms with Crippen molar-refractivity contribution in [2.45, 2.75) is 51.0 Å². The fourth-order valence-electron chi connectivity index (χ4n) is 2.83. The zero-order valence-corrected chi connectivity index (χ0v) is 13.7. The third-order valence-corrected chi connectivity index (χ3v) is 4.26. The minimum atomic E-state index is -0.0957. The first-order chi connectivity index (χ1) is 10.2. The van der Waals surface area contributed by atoms with Crippen molar-refractivity contribution in [1.82, 2.24) is 0 Å². The molecule has 0 amide bonds. The van der Waals surface area contributed by atoms with Gasteiger partial charge in [0.2, 0.25) is 0 Å². The number of esters is 1. The van der Waals surface area contributed by atoms with Crippen LogP contribution in [0.15, 0.2) is 24.3 Å². The Kier molecular flexibility index (Phi) is 6.43. The molecule has 0 spiro atoms. The summed E-state index contributed by atoms with van der Waals surface area (Å²) in [5.41, 5.74) is 1.22. The number of thioether (sulfide) groups is 1. The molecular weight excluding hydrogens is 284 g/mol. The van der Waals surface area contributed by atoms with Gasteiger partial charge in [-0.3, -0.25) is 4.79 Å². The molecule has 2 rings (SSSR count). The number of rotatable bonds is 6. The minimum Gasteiger partial charge on any atom is -0.483 e. The summed E-state index contributed by atoms with van der Waals surface area (Å²) in [5.74, 6) is 1.75. The monoisotopic (exact) mass is 308 g/mol. The molecule has 0 unspecified atom stereocenters. The van der Waals surface area contributed by atoms with Gasteiger partial charge in [0.15, 0.2) is 0 Å². The molecule has 3 nitrogen and oxygen atoms in total. The van der Waals surface area contributed by atoms with Crippen LogP contribution < -0.4 is 4.74 Å². The summed E-state index contributed by atoms with van der Waals surface area (Å²) in [6, 6.07) is 8.22. The molecule has 0 bridgehead atoms. The normalized spacial score (nSPS) is 21.8. The van der Waals surface area contributed by atoms with Gasteiger partial charge in [-0.25, -0.2) is 0 Å². The zero-order chi connectivity index (χ0) is 15.1. The molecule has 0 radical (unpaired) electrons. The van der Waals surface area contributed by atoms with Crippen molar-refractivity contribution in [2.75, 3.05) is 12.2 Å². The van der Waals surface area contributed by atoms with Crippen LogP contribution in [0.2, 0.25) is 0 Å². The van der Waals surface area contributed by atoms with Crippen LogP contribution >= 0.6 is 11.8 Å². The van der Waals surface area contributed by atoms with Crippen LogP contribution in [0.4, 0.5) is 0 Å². The first-order valence-electron chi connectivity index (χ1n) is 7.65. The van der Waals surface area contributed by atoms with E-state index >= 15 is 0 Å². The molecule has 1 fully saturated rings. The molecule has 116 valence electrons. The molecule has 2 atom stereocenters. The fraction of sp³-hybridized carbons (Fsp3) is 0.588. The Morgan fingerprint density at radius 3 is 2.90 bits per heavy atom. The first-order valence-corrected chi connectivity index (χ1v) is 9.05. The molecule has 0 saturated heterocycles. The van der Waals surface area contributed by atoms with Crippen LogP contribution in [-0.4, -0.2) is 24.3 Å². The van der Waals surface area contributed by atoms with Gasteiger partial charge in [0.05, 0.1) is 0 Å². The lowest BCUT2D eigenvalue weighted by molar-refractivity contribution is -0.151. The summed E-state index contributed by atoms with van der Waals surface area (Å²) in [5, 5.41) is 0. The maximum absolute atomic E-state index is 11.6. The van der Waals surface area contributed by atoms with Crippen LogP contribution in [-0.2, 0) is 9.53 Å². The highest BCUT2D eigenvalue weighted by Gasteiger charge is 2.29. The third kappa shape index (κ3) is 4.67. The lowest BCUT2D eigenvalue weighted by atomic mass is 9.81. The number of hydrogen-bond donors (Lipinski definition) is 0. The van der Waals surface area contributed by atoms with Crippen molar-refractivity contribution in [3.63, 3.8) is 0 Å². The summed E-state index contributed by atoms with van der Waals surface area (Å²) in [6.07, 6.45) is 6.86. The molecule has 0 aromatic heterocycles. The molecular formula is C17H24O3S. The average Bonchev–Trinajstić information content (AvgIpc) is 2.53. The molecule has 0 aliphatic heterocycles. The predicted molar refractivity (Wildman–Crippen MR) is 86.8 cm³/mol. The highest BCUT2D eigenvalue weighted by atomic mass is 32.2. The Labute approximate surface area is 131 Å². The second-order valence-electron chi connectivity index (χ2n) is 5.40. The number of benzene rings is 1. The van der Waals surface area contributed by atoms with Gasteiger partial charge in [-0.05, 0) is 43.2 Å². The van der Waals surface area contributed by atoms with Crippen molar-refractivity contribution < 1.29 is 14.3 Å². The SMILES string of the molecule is CCC(=O)O[C@@H]1CCCC[C@H]1c1cccc(OCSC)c1. The Morgan fingerprint density at radius 2 is 2.14 bits per heavy atom. The summed E-state index contributed by atoms with van der Waals surface area (Å²) in [4.78, 5) is 11.6. The van der Waals surface area contributed by atoms with Gasteiger partial charge in [0.25, 0.3) is 0 Å². The van der Waals surface area contributed by atoms with Gasteiger partial charge < -0.3 is 9.47 Å². The summed E-state index contributed by atoms with van der Waals surface area (Å²) in [6.45, 7) is 1.84. The Balaban J connectivity index is 2.10. The van der Waals surface area contributed by atoms with Gasteiger partial charge in [0.1, 0.15) is 17.8 Å². The second kappa shape index (κ2) is 8.32. The van der Waals surface area contributed by atoms with Gasteiger partial charge in [-0.2, -0.15) is 0 Å². The first kappa shape index (κ1) is 16.2. The van der Waals surface area contributed by atoms with Crippen LogP contribution in [0.25, 0.3) is 0 Å². The summed E-state index contributed by atoms with van der Waals surface area (Å²) < 4.78 is 11.3. The minimum absolute atomic E-state index is 0.0157. The Hall–Kier alpha value is -1.16. The molecule has 4 heteroatoms. The zero-order valence-electron chi connectivity index (χ0n) is 12.8. The topological polar surface area (TPSA) is 35.5 Å². The summed E-state index contributed by atoms with van der Waals surface area (Å²) in [7, 11) is 0. The molecule has 1 aromatic carbocycles. The van der Waals surface area contributed by atoms with Crippen LogP contribution in [0.3, 0.4) is 0 Å². The smallest absolute Gasteiger partial charge is 0.305 e. The quantitative estimate of drug-likeness (QED) is 0.577. The van der Waals surface area contributed by atoms with Gasteiger partial charge in [-0.1, -0.05) is 25.5 Å². The lowest BCUT2D eigenvalue weighted by Gasteiger charge is -2.31. The average molecular weight is 308 g/mol. The van der Waals surface area contributed by atoms with E-state index < -0.39 is 0 Å². The molecule has 1 aliphatic carbocycles. The maximum atomic E-state index is 11.6. The molecule has 1 aliphatic rings. The van der Waals surface area contributed by atoms with Crippen molar-refractivity contribution >= 4 is 17.7 Å². The van der Waals surface area contributed by atoms with E-state index in [1.807, 2.05) is 25.3 Å². The molecule has 0 heterocycles. The van der Waals surface area contributed by atoms with E-state index in [-0.39, 0.29) is 12.1 Å². The van der Waals surface area contributed by atoms with E-state index in [9.17, 15) is 4.79 Å². The van der Waals surface area contributed by atoms with Gasteiger partial charge in [-0.15, -0.1) is 11.8 Å². The van der Waals surface area contributed by atoms with E-state index in [0.29, 0.717) is 18.3 Å². The van der Waals surface area contributed by atoms with E-state index in [2.05, 4.69) is 12.1 Å². The molecule has 1 saturated carbocycles. The number of ether oxygens (including phenoxy) is 2. The fourth-order valence-corrected chi connectivity index (χ4v) is 3.09. The summed E-state index contributed by atoms with van der Waals surface area (Å²) >= 11 is 1.66. The maximum Gasteiger partial charge on any atom is 0.305 e. The number of carbonyl (C=O) groups is 1. The largest absolute Gasteiger partial charge is 0.483 e. The highest BCUT2D eigenvalue weighted by Crippen LogP contribution is 2.36. The molecule has 0 N–H and O–H groups in total.